The molecular weight excluding hydrogens is 264 g/mol. The molecule has 0 bridgehead atoms. The van der Waals surface area contributed by atoms with E-state index in [1.165, 1.54) is 18.4 Å². The van der Waals surface area contributed by atoms with Crippen LogP contribution in [-0.2, 0) is 6.42 Å². The van der Waals surface area contributed by atoms with Crippen LogP contribution in [0.2, 0.25) is 0 Å². The molecular formula is C16H28N4O. The van der Waals surface area contributed by atoms with Crippen LogP contribution in [-0.4, -0.2) is 40.3 Å². The predicted molar refractivity (Wildman–Crippen MR) is 84.2 cm³/mol. The molecule has 1 aliphatic rings. The summed E-state index contributed by atoms with van der Waals surface area (Å²) < 4.78 is 0. The Balaban J connectivity index is 1.74. The molecule has 5 heteroatoms. The summed E-state index contributed by atoms with van der Waals surface area (Å²) >= 11 is 0. The summed E-state index contributed by atoms with van der Waals surface area (Å²) in [5, 5.41) is 10.0. The number of carbonyl (C=O) groups is 1. The van der Waals surface area contributed by atoms with E-state index in [1.807, 2.05) is 18.0 Å². The zero-order valence-corrected chi connectivity index (χ0v) is 13.5. The van der Waals surface area contributed by atoms with Crippen LogP contribution in [0.4, 0.5) is 4.79 Å². The molecule has 2 atom stereocenters. The van der Waals surface area contributed by atoms with Gasteiger partial charge < -0.3 is 10.2 Å². The van der Waals surface area contributed by atoms with Gasteiger partial charge in [0.15, 0.2) is 0 Å². The van der Waals surface area contributed by atoms with E-state index in [2.05, 4.69) is 29.4 Å². The van der Waals surface area contributed by atoms with Gasteiger partial charge >= 0.3 is 6.03 Å². The molecule has 0 saturated carbocycles. The highest BCUT2D eigenvalue weighted by molar-refractivity contribution is 5.74. The molecule has 5 nitrogen and oxygen atoms in total. The van der Waals surface area contributed by atoms with E-state index >= 15 is 0 Å². The lowest BCUT2D eigenvalue weighted by Crippen LogP contribution is -2.46. The molecule has 118 valence electrons. The van der Waals surface area contributed by atoms with Gasteiger partial charge in [-0.2, -0.15) is 5.10 Å². The number of rotatable bonds is 4. The number of H-pyrrole nitrogens is 1. The van der Waals surface area contributed by atoms with Crippen LogP contribution in [0.3, 0.4) is 0 Å². The molecule has 21 heavy (non-hydrogen) atoms. The van der Waals surface area contributed by atoms with E-state index in [4.69, 9.17) is 0 Å². The first-order valence-corrected chi connectivity index (χ1v) is 8.11. The first kappa shape index (κ1) is 15.9. The second kappa shape index (κ2) is 7.48. The monoisotopic (exact) mass is 292 g/mol. The summed E-state index contributed by atoms with van der Waals surface area (Å²) in [5.74, 6) is 0.606. The van der Waals surface area contributed by atoms with Crippen molar-refractivity contribution < 1.29 is 4.79 Å². The van der Waals surface area contributed by atoms with Gasteiger partial charge in [-0.25, -0.2) is 4.79 Å². The maximum atomic E-state index is 12.3. The average Bonchev–Trinajstić information content (AvgIpc) is 2.77. The van der Waals surface area contributed by atoms with Crippen molar-refractivity contribution in [1.29, 1.82) is 0 Å². The van der Waals surface area contributed by atoms with Crippen LogP contribution in [0.1, 0.15) is 50.8 Å². The van der Waals surface area contributed by atoms with Crippen LogP contribution in [0.15, 0.2) is 6.20 Å². The number of aromatic nitrogens is 2. The van der Waals surface area contributed by atoms with Gasteiger partial charge in [-0.05, 0) is 51.0 Å². The number of aryl methyl sites for hydroxylation is 2. The van der Waals surface area contributed by atoms with E-state index in [0.29, 0.717) is 12.0 Å². The van der Waals surface area contributed by atoms with Gasteiger partial charge in [0.05, 0.1) is 6.20 Å². The Kier molecular flexibility index (Phi) is 5.65. The first-order valence-electron chi connectivity index (χ1n) is 8.11. The third kappa shape index (κ3) is 4.48. The van der Waals surface area contributed by atoms with E-state index in [1.54, 1.807) is 0 Å². The molecule has 1 aliphatic heterocycles. The Morgan fingerprint density at radius 2 is 2.29 bits per heavy atom. The van der Waals surface area contributed by atoms with Gasteiger partial charge in [0, 0.05) is 24.8 Å². The Morgan fingerprint density at radius 3 is 3.00 bits per heavy atom. The fourth-order valence-corrected chi connectivity index (χ4v) is 3.01. The number of aromatic amines is 1. The molecule has 1 aromatic rings. The zero-order chi connectivity index (χ0) is 15.2. The van der Waals surface area contributed by atoms with Crippen molar-refractivity contribution in [1.82, 2.24) is 20.4 Å². The molecule has 1 saturated heterocycles. The Hall–Kier alpha value is -1.52. The number of likely N-dealkylation sites (tertiary alicyclic amines) is 1. The topological polar surface area (TPSA) is 61.0 Å². The average molecular weight is 292 g/mol. The molecule has 2 rings (SSSR count). The SMILES string of the molecule is Cc1[nH]ncc1CCCNC(=O)N1C[C@H](C)CCC[C@@H]1C. The third-order valence-corrected chi connectivity index (χ3v) is 4.45. The van der Waals surface area contributed by atoms with Crippen LogP contribution < -0.4 is 5.32 Å². The van der Waals surface area contributed by atoms with Gasteiger partial charge in [0.2, 0.25) is 0 Å². The number of amides is 2. The van der Waals surface area contributed by atoms with Crippen molar-refractivity contribution in [2.24, 2.45) is 5.92 Å². The van der Waals surface area contributed by atoms with Crippen LogP contribution in [0, 0.1) is 12.8 Å². The first-order chi connectivity index (χ1) is 10.1. The van der Waals surface area contributed by atoms with Crippen molar-refractivity contribution in [3.63, 3.8) is 0 Å². The number of nitrogens with zero attached hydrogens (tertiary/aromatic N) is 2. The van der Waals surface area contributed by atoms with E-state index in [-0.39, 0.29) is 6.03 Å². The molecule has 2 N–H and O–H groups in total. The molecule has 0 aromatic carbocycles. The smallest absolute Gasteiger partial charge is 0.317 e. The quantitative estimate of drug-likeness (QED) is 0.838. The number of urea groups is 1. The fraction of sp³-hybridized carbons (Fsp3) is 0.750. The minimum absolute atomic E-state index is 0.0974. The summed E-state index contributed by atoms with van der Waals surface area (Å²) in [6.45, 7) is 8.03. The number of carbonyl (C=O) groups excluding carboxylic acids is 1. The van der Waals surface area contributed by atoms with Crippen molar-refractivity contribution in [2.75, 3.05) is 13.1 Å². The van der Waals surface area contributed by atoms with E-state index < -0.39 is 0 Å². The maximum Gasteiger partial charge on any atom is 0.317 e. The van der Waals surface area contributed by atoms with Crippen molar-refractivity contribution in [2.45, 2.75) is 58.9 Å². The summed E-state index contributed by atoms with van der Waals surface area (Å²) in [6, 6.07) is 0.450. The Labute approximate surface area is 127 Å². The second-order valence-electron chi connectivity index (χ2n) is 6.39. The number of hydrogen-bond donors (Lipinski definition) is 2. The second-order valence-corrected chi connectivity index (χ2v) is 6.39. The Morgan fingerprint density at radius 1 is 1.48 bits per heavy atom. The number of hydrogen-bond acceptors (Lipinski definition) is 2. The van der Waals surface area contributed by atoms with Gasteiger partial charge in [0.25, 0.3) is 0 Å². The molecule has 0 unspecified atom stereocenters. The molecule has 2 amide bonds. The number of nitrogens with one attached hydrogen (secondary N) is 2. The summed E-state index contributed by atoms with van der Waals surface area (Å²) in [5.41, 5.74) is 2.36. The lowest BCUT2D eigenvalue weighted by Gasteiger charge is -2.28. The zero-order valence-electron chi connectivity index (χ0n) is 13.5. The largest absolute Gasteiger partial charge is 0.338 e. The van der Waals surface area contributed by atoms with Gasteiger partial charge in [-0.3, -0.25) is 5.10 Å². The summed E-state index contributed by atoms with van der Waals surface area (Å²) in [4.78, 5) is 14.3. The van der Waals surface area contributed by atoms with Crippen LogP contribution >= 0.6 is 0 Å². The molecule has 0 aliphatic carbocycles. The van der Waals surface area contributed by atoms with E-state index in [9.17, 15) is 4.79 Å². The van der Waals surface area contributed by atoms with Gasteiger partial charge in [-0.1, -0.05) is 13.3 Å². The molecule has 1 aromatic heterocycles. The van der Waals surface area contributed by atoms with Crippen molar-refractivity contribution >= 4 is 6.03 Å². The highest BCUT2D eigenvalue weighted by Gasteiger charge is 2.24. The van der Waals surface area contributed by atoms with Crippen LogP contribution in [0.5, 0.6) is 0 Å². The molecule has 0 spiro atoms. The predicted octanol–water partition coefficient (Wildman–Crippen LogP) is 2.87. The normalized spacial score (nSPS) is 22.9. The van der Waals surface area contributed by atoms with Crippen LogP contribution in [0.25, 0.3) is 0 Å². The maximum absolute atomic E-state index is 12.3. The minimum Gasteiger partial charge on any atom is -0.338 e. The third-order valence-electron chi connectivity index (χ3n) is 4.45. The highest BCUT2D eigenvalue weighted by atomic mass is 16.2. The fourth-order valence-electron chi connectivity index (χ4n) is 3.01. The van der Waals surface area contributed by atoms with E-state index in [0.717, 1.165) is 38.0 Å². The minimum atomic E-state index is 0.0974. The summed E-state index contributed by atoms with van der Waals surface area (Å²) in [6.07, 6.45) is 7.35. The molecule has 1 fully saturated rings. The standard InChI is InChI=1S/C16H28N4O/c1-12-6-4-7-13(2)20(11-12)16(21)17-9-5-8-15-10-18-19-14(15)3/h10,12-13H,4-9,11H2,1-3H3,(H,17,21)(H,18,19)/t12-,13+/m1/s1. The van der Waals surface area contributed by atoms with Gasteiger partial charge in [0.1, 0.15) is 0 Å². The van der Waals surface area contributed by atoms with Crippen molar-refractivity contribution in [3.8, 4) is 0 Å². The van der Waals surface area contributed by atoms with Crippen molar-refractivity contribution in [3.05, 3.63) is 17.5 Å². The highest BCUT2D eigenvalue weighted by Crippen LogP contribution is 2.20. The Bertz CT molecular complexity index is 457. The molecule has 2 heterocycles. The molecule has 0 radical (unpaired) electrons. The lowest BCUT2D eigenvalue weighted by atomic mass is 10.1. The summed E-state index contributed by atoms with van der Waals surface area (Å²) in [7, 11) is 0. The lowest BCUT2D eigenvalue weighted by molar-refractivity contribution is 0.173. The van der Waals surface area contributed by atoms with Gasteiger partial charge in [-0.15, -0.1) is 0 Å².